The van der Waals surface area contributed by atoms with Crippen molar-refractivity contribution in [2.75, 3.05) is 20.1 Å². The minimum absolute atomic E-state index is 0.827. The Balaban J connectivity index is 1.63. The summed E-state index contributed by atoms with van der Waals surface area (Å²) in [6.45, 7) is 6.28. The molecule has 1 aliphatic rings. The van der Waals surface area contributed by atoms with E-state index in [0.717, 1.165) is 32.2 Å². The Morgan fingerprint density at radius 1 is 1.44 bits per heavy atom. The highest BCUT2D eigenvalue weighted by atomic mass is 15.1. The molecule has 2 rings (SSSR count). The van der Waals surface area contributed by atoms with Gasteiger partial charge in [-0.05, 0) is 26.8 Å². The third-order valence-corrected chi connectivity index (χ3v) is 4.03. The lowest BCUT2D eigenvalue weighted by atomic mass is 10.2. The van der Waals surface area contributed by atoms with Crippen LogP contribution in [0.15, 0.2) is 12.5 Å². The molecule has 0 radical (unpaired) electrons. The first-order valence-electron chi connectivity index (χ1n) is 7.21. The molecular weight excluding hydrogens is 224 g/mol. The summed E-state index contributed by atoms with van der Waals surface area (Å²) in [5, 5.41) is 3.51. The number of aromatic nitrogens is 2. The van der Waals surface area contributed by atoms with Crippen LogP contribution in [0, 0.1) is 0 Å². The van der Waals surface area contributed by atoms with E-state index in [4.69, 9.17) is 0 Å². The highest BCUT2D eigenvalue weighted by Crippen LogP contribution is 2.21. The van der Waals surface area contributed by atoms with Crippen LogP contribution in [0.5, 0.6) is 0 Å². The molecule has 1 aromatic rings. The summed E-state index contributed by atoms with van der Waals surface area (Å²) in [5.41, 5.74) is 1.28. The standard InChI is InChI=1S/C14H26N4/c1-3-18-12-16-11-14(18)10-15-8-9-17(2)13-6-4-5-7-13/h11-13,15H,3-10H2,1-2H3. The van der Waals surface area contributed by atoms with Crippen molar-refractivity contribution in [1.82, 2.24) is 19.8 Å². The van der Waals surface area contributed by atoms with Crippen molar-refractivity contribution < 1.29 is 0 Å². The highest BCUT2D eigenvalue weighted by Gasteiger charge is 2.18. The van der Waals surface area contributed by atoms with E-state index < -0.39 is 0 Å². The van der Waals surface area contributed by atoms with Gasteiger partial charge in [-0.25, -0.2) is 4.98 Å². The summed E-state index contributed by atoms with van der Waals surface area (Å²) in [7, 11) is 2.26. The monoisotopic (exact) mass is 250 g/mol. The molecule has 1 aliphatic carbocycles. The molecule has 0 aromatic carbocycles. The van der Waals surface area contributed by atoms with Crippen molar-refractivity contribution in [3.63, 3.8) is 0 Å². The van der Waals surface area contributed by atoms with Gasteiger partial charge >= 0.3 is 0 Å². The first kappa shape index (κ1) is 13.6. The van der Waals surface area contributed by atoms with Crippen LogP contribution in [-0.2, 0) is 13.1 Å². The maximum absolute atomic E-state index is 4.18. The summed E-state index contributed by atoms with van der Waals surface area (Å²) < 4.78 is 2.19. The van der Waals surface area contributed by atoms with Gasteiger partial charge in [0.15, 0.2) is 0 Å². The first-order chi connectivity index (χ1) is 8.81. The number of rotatable bonds is 7. The summed E-state index contributed by atoms with van der Waals surface area (Å²) >= 11 is 0. The molecule has 1 fully saturated rings. The smallest absolute Gasteiger partial charge is 0.0948 e. The van der Waals surface area contributed by atoms with E-state index >= 15 is 0 Å². The fourth-order valence-electron chi connectivity index (χ4n) is 2.78. The van der Waals surface area contributed by atoms with Gasteiger partial charge in [-0.15, -0.1) is 0 Å². The highest BCUT2D eigenvalue weighted by molar-refractivity contribution is 4.97. The second kappa shape index (κ2) is 6.90. The Morgan fingerprint density at radius 2 is 2.22 bits per heavy atom. The molecule has 1 heterocycles. The molecule has 0 bridgehead atoms. The predicted octanol–water partition coefficient (Wildman–Crippen LogP) is 1.87. The molecule has 0 atom stereocenters. The third-order valence-electron chi connectivity index (χ3n) is 4.03. The number of likely N-dealkylation sites (N-methyl/N-ethyl adjacent to an activating group) is 1. The Bertz CT molecular complexity index is 341. The van der Waals surface area contributed by atoms with Gasteiger partial charge in [-0.2, -0.15) is 0 Å². The van der Waals surface area contributed by atoms with Crippen molar-refractivity contribution in [1.29, 1.82) is 0 Å². The molecule has 4 heteroatoms. The van der Waals surface area contributed by atoms with Crippen molar-refractivity contribution in [2.24, 2.45) is 0 Å². The van der Waals surface area contributed by atoms with E-state index in [1.54, 1.807) is 0 Å². The van der Waals surface area contributed by atoms with E-state index in [-0.39, 0.29) is 0 Å². The van der Waals surface area contributed by atoms with E-state index in [1.807, 2.05) is 12.5 Å². The molecule has 18 heavy (non-hydrogen) atoms. The molecule has 102 valence electrons. The molecule has 4 nitrogen and oxygen atoms in total. The number of nitrogens with zero attached hydrogens (tertiary/aromatic N) is 3. The summed E-state index contributed by atoms with van der Waals surface area (Å²) in [4.78, 5) is 6.69. The second-order valence-electron chi connectivity index (χ2n) is 5.27. The van der Waals surface area contributed by atoms with Crippen LogP contribution < -0.4 is 5.32 Å². The predicted molar refractivity (Wildman–Crippen MR) is 74.5 cm³/mol. The van der Waals surface area contributed by atoms with Crippen LogP contribution in [-0.4, -0.2) is 40.6 Å². The lowest BCUT2D eigenvalue weighted by molar-refractivity contribution is 0.245. The largest absolute Gasteiger partial charge is 0.334 e. The van der Waals surface area contributed by atoms with Crippen LogP contribution in [0.4, 0.5) is 0 Å². The number of nitrogens with one attached hydrogen (secondary N) is 1. The normalized spacial score (nSPS) is 16.8. The Labute approximate surface area is 110 Å². The van der Waals surface area contributed by atoms with E-state index in [9.17, 15) is 0 Å². The van der Waals surface area contributed by atoms with E-state index in [1.165, 1.54) is 31.4 Å². The lowest BCUT2D eigenvalue weighted by Gasteiger charge is -2.24. The van der Waals surface area contributed by atoms with Crippen LogP contribution in [0.3, 0.4) is 0 Å². The average molecular weight is 250 g/mol. The fraction of sp³-hybridized carbons (Fsp3) is 0.786. The Kier molecular flexibility index (Phi) is 5.20. The van der Waals surface area contributed by atoms with Gasteiger partial charge in [-0.1, -0.05) is 12.8 Å². The minimum Gasteiger partial charge on any atom is -0.334 e. The second-order valence-corrected chi connectivity index (χ2v) is 5.27. The molecule has 0 saturated heterocycles. The van der Waals surface area contributed by atoms with Crippen molar-refractivity contribution in [3.8, 4) is 0 Å². The maximum Gasteiger partial charge on any atom is 0.0948 e. The van der Waals surface area contributed by atoms with Crippen LogP contribution in [0.1, 0.15) is 38.3 Å². The van der Waals surface area contributed by atoms with Crippen molar-refractivity contribution >= 4 is 0 Å². The van der Waals surface area contributed by atoms with Crippen LogP contribution >= 0.6 is 0 Å². The Morgan fingerprint density at radius 3 is 2.94 bits per heavy atom. The molecular formula is C14H26N4. The molecule has 1 N–H and O–H groups in total. The van der Waals surface area contributed by atoms with Gasteiger partial charge in [0, 0.05) is 38.4 Å². The van der Waals surface area contributed by atoms with Gasteiger partial charge in [0.1, 0.15) is 0 Å². The Hall–Kier alpha value is -0.870. The van der Waals surface area contributed by atoms with E-state index in [2.05, 4.69) is 33.7 Å². The number of hydrogen-bond donors (Lipinski definition) is 1. The summed E-state index contributed by atoms with van der Waals surface area (Å²) in [6.07, 6.45) is 9.47. The third kappa shape index (κ3) is 3.56. The van der Waals surface area contributed by atoms with Gasteiger partial charge in [0.05, 0.1) is 12.0 Å². The zero-order valence-corrected chi connectivity index (χ0v) is 11.7. The summed E-state index contributed by atoms with van der Waals surface area (Å²) in [6, 6.07) is 0.827. The van der Waals surface area contributed by atoms with Crippen molar-refractivity contribution in [2.45, 2.75) is 51.7 Å². The zero-order valence-electron chi connectivity index (χ0n) is 11.7. The topological polar surface area (TPSA) is 33.1 Å². The van der Waals surface area contributed by atoms with Crippen molar-refractivity contribution in [3.05, 3.63) is 18.2 Å². The number of hydrogen-bond acceptors (Lipinski definition) is 3. The van der Waals surface area contributed by atoms with Gasteiger partial charge in [0.2, 0.25) is 0 Å². The summed E-state index contributed by atoms with van der Waals surface area (Å²) in [5.74, 6) is 0. The van der Waals surface area contributed by atoms with Gasteiger partial charge in [-0.3, -0.25) is 0 Å². The zero-order chi connectivity index (χ0) is 12.8. The molecule has 1 saturated carbocycles. The first-order valence-corrected chi connectivity index (χ1v) is 7.21. The maximum atomic E-state index is 4.18. The number of aryl methyl sites for hydroxylation is 1. The molecule has 0 spiro atoms. The SMILES string of the molecule is CCn1cncc1CNCCN(C)C1CCCC1. The van der Waals surface area contributed by atoms with E-state index in [0.29, 0.717) is 0 Å². The lowest BCUT2D eigenvalue weighted by Crippen LogP contribution is -2.35. The average Bonchev–Trinajstić information content (AvgIpc) is 3.04. The quantitative estimate of drug-likeness (QED) is 0.750. The molecule has 1 aromatic heterocycles. The molecule has 0 unspecified atom stereocenters. The number of imidazole rings is 1. The fourth-order valence-corrected chi connectivity index (χ4v) is 2.78. The van der Waals surface area contributed by atoms with Crippen LogP contribution in [0.2, 0.25) is 0 Å². The van der Waals surface area contributed by atoms with Crippen LogP contribution in [0.25, 0.3) is 0 Å². The van der Waals surface area contributed by atoms with Gasteiger partial charge < -0.3 is 14.8 Å². The molecule has 0 aliphatic heterocycles. The van der Waals surface area contributed by atoms with Gasteiger partial charge in [0.25, 0.3) is 0 Å². The molecule has 0 amide bonds. The minimum atomic E-state index is 0.827.